The van der Waals surface area contributed by atoms with E-state index in [-0.39, 0.29) is 0 Å². The second-order valence-electron chi connectivity index (χ2n) is 3.36. The minimum absolute atomic E-state index is 0.569. The maximum Gasteiger partial charge on any atom is 0.129 e. The van der Waals surface area contributed by atoms with Crippen LogP contribution in [-0.2, 0) is 0 Å². The highest BCUT2D eigenvalue weighted by Crippen LogP contribution is 2.25. The van der Waals surface area contributed by atoms with E-state index in [4.69, 9.17) is 0 Å². The second-order valence-corrected chi connectivity index (χ2v) is 4.44. The molecule has 70 valence electrons. The van der Waals surface area contributed by atoms with Crippen molar-refractivity contribution in [3.8, 4) is 0 Å². The van der Waals surface area contributed by atoms with E-state index in [0.717, 1.165) is 11.7 Å². The van der Waals surface area contributed by atoms with Crippen LogP contribution in [0.2, 0.25) is 0 Å². The summed E-state index contributed by atoms with van der Waals surface area (Å²) in [5, 5.41) is 3.42. The van der Waals surface area contributed by atoms with Gasteiger partial charge in [0.1, 0.15) is 12.1 Å². The van der Waals surface area contributed by atoms with Gasteiger partial charge in [0.15, 0.2) is 0 Å². The molecule has 0 aromatic carbocycles. The van der Waals surface area contributed by atoms with Crippen molar-refractivity contribution in [3.05, 3.63) is 18.6 Å². The summed E-state index contributed by atoms with van der Waals surface area (Å²) in [5.41, 5.74) is 0. The molecule has 1 aromatic rings. The molecule has 1 fully saturated rings. The van der Waals surface area contributed by atoms with Crippen molar-refractivity contribution in [3.63, 3.8) is 0 Å². The Labute approximate surface area is 82.4 Å². The van der Waals surface area contributed by atoms with Gasteiger partial charge in [0.25, 0.3) is 0 Å². The molecule has 0 amide bonds. The van der Waals surface area contributed by atoms with Gasteiger partial charge in [0.05, 0.1) is 0 Å². The van der Waals surface area contributed by atoms with Crippen LogP contribution in [0.4, 0.5) is 5.82 Å². The molecule has 1 aliphatic rings. The van der Waals surface area contributed by atoms with Gasteiger partial charge in [-0.05, 0) is 17.7 Å². The Balaban J connectivity index is 1.98. The third kappa shape index (κ3) is 2.12. The molecular weight excluding hydrogens is 182 g/mol. The van der Waals surface area contributed by atoms with Gasteiger partial charge >= 0.3 is 0 Å². The monoisotopic (exact) mass is 195 g/mol. The molecule has 0 radical (unpaired) electrons. The lowest BCUT2D eigenvalue weighted by molar-refractivity contribution is 0.597. The van der Waals surface area contributed by atoms with E-state index in [0.29, 0.717) is 6.04 Å². The first-order valence-corrected chi connectivity index (χ1v) is 5.62. The van der Waals surface area contributed by atoms with Crippen molar-refractivity contribution in [2.24, 2.45) is 5.92 Å². The van der Waals surface area contributed by atoms with Crippen molar-refractivity contribution in [2.75, 3.05) is 16.8 Å². The molecule has 1 aromatic heterocycles. The van der Waals surface area contributed by atoms with Crippen LogP contribution in [0, 0.1) is 5.92 Å². The van der Waals surface area contributed by atoms with Gasteiger partial charge in [0.2, 0.25) is 0 Å². The van der Waals surface area contributed by atoms with Crippen LogP contribution < -0.4 is 5.32 Å². The first-order valence-electron chi connectivity index (χ1n) is 4.46. The minimum Gasteiger partial charge on any atom is -0.366 e. The van der Waals surface area contributed by atoms with Gasteiger partial charge in [-0.2, -0.15) is 11.8 Å². The van der Waals surface area contributed by atoms with Crippen LogP contribution in [0.3, 0.4) is 0 Å². The van der Waals surface area contributed by atoms with Gasteiger partial charge in [-0.25, -0.2) is 9.97 Å². The maximum atomic E-state index is 4.15. The fourth-order valence-corrected chi connectivity index (χ4v) is 2.82. The molecule has 2 rings (SSSR count). The highest BCUT2D eigenvalue weighted by molar-refractivity contribution is 7.99. The third-order valence-electron chi connectivity index (χ3n) is 2.28. The van der Waals surface area contributed by atoms with Gasteiger partial charge in [-0.1, -0.05) is 6.92 Å². The Bertz CT molecular complexity index is 265. The largest absolute Gasteiger partial charge is 0.366 e. The van der Waals surface area contributed by atoms with Crippen molar-refractivity contribution >= 4 is 17.6 Å². The Hall–Kier alpha value is -0.770. The zero-order valence-electron chi connectivity index (χ0n) is 7.60. The molecule has 0 saturated carbocycles. The molecule has 2 unspecified atom stereocenters. The standard InChI is InChI=1S/C9H13N3S/c1-7-4-13-5-8(7)12-9-2-3-10-6-11-9/h2-3,6-8H,4-5H2,1H3,(H,10,11,12). The summed E-state index contributed by atoms with van der Waals surface area (Å²) in [4.78, 5) is 8.03. The molecule has 1 N–H and O–H groups in total. The van der Waals surface area contributed by atoms with Crippen molar-refractivity contribution < 1.29 is 0 Å². The van der Waals surface area contributed by atoms with E-state index in [1.54, 1.807) is 12.5 Å². The molecule has 4 heteroatoms. The van der Waals surface area contributed by atoms with Gasteiger partial charge in [-0.3, -0.25) is 0 Å². The summed E-state index contributed by atoms with van der Waals surface area (Å²) in [6.07, 6.45) is 3.34. The van der Waals surface area contributed by atoms with E-state index in [2.05, 4.69) is 22.2 Å². The molecule has 13 heavy (non-hydrogen) atoms. The van der Waals surface area contributed by atoms with E-state index in [1.807, 2.05) is 17.8 Å². The summed E-state index contributed by atoms with van der Waals surface area (Å²) in [5.74, 6) is 4.11. The molecule has 0 spiro atoms. The summed E-state index contributed by atoms with van der Waals surface area (Å²) < 4.78 is 0. The zero-order chi connectivity index (χ0) is 9.10. The van der Waals surface area contributed by atoms with Gasteiger partial charge < -0.3 is 5.32 Å². The van der Waals surface area contributed by atoms with Crippen molar-refractivity contribution in [1.29, 1.82) is 0 Å². The first-order chi connectivity index (χ1) is 6.36. The fraction of sp³-hybridized carbons (Fsp3) is 0.556. The van der Waals surface area contributed by atoms with Crippen LogP contribution in [0.1, 0.15) is 6.92 Å². The van der Waals surface area contributed by atoms with Crippen molar-refractivity contribution in [1.82, 2.24) is 9.97 Å². The predicted molar refractivity (Wildman–Crippen MR) is 55.9 cm³/mol. The van der Waals surface area contributed by atoms with Gasteiger partial charge in [0, 0.05) is 18.0 Å². The number of nitrogens with one attached hydrogen (secondary N) is 1. The average molecular weight is 195 g/mol. The van der Waals surface area contributed by atoms with E-state index in [9.17, 15) is 0 Å². The molecule has 2 atom stereocenters. The molecule has 0 aliphatic carbocycles. The SMILES string of the molecule is CC1CSCC1Nc1ccncn1. The van der Waals surface area contributed by atoms with Crippen LogP contribution in [-0.4, -0.2) is 27.5 Å². The highest BCUT2D eigenvalue weighted by atomic mass is 32.2. The number of anilines is 1. The first kappa shape index (κ1) is 8.81. The number of nitrogens with zero attached hydrogens (tertiary/aromatic N) is 2. The third-order valence-corrected chi connectivity index (χ3v) is 3.64. The summed E-state index contributed by atoms with van der Waals surface area (Å²) in [6, 6.07) is 2.48. The number of hydrogen-bond acceptors (Lipinski definition) is 4. The summed E-state index contributed by atoms with van der Waals surface area (Å²) in [7, 11) is 0. The fourth-order valence-electron chi connectivity index (χ4n) is 1.41. The average Bonchev–Trinajstić information content (AvgIpc) is 2.54. The van der Waals surface area contributed by atoms with E-state index < -0.39 is 0 Å². The Morgan fingerprint density at radius 2 is 2.46 bits per heavy atom. The highest BCUT2D eigenvalue weighted by Gasteiger charge is 2.23. The quantitative estimate of drug-likeness (QED) is 0.778. The molecule has 1 aliphatic heterocycles. The number of rotatable bonds is 2. The van der Waals surface area contributed by atoms with Crippen LogP contribution in [0.25, 0.3) is 0 Å². The molecule has 3 nitrogen and oxygen atoms in total. The second kappa shape index (κ2) is 3.96. The van der Waals surface area contributed by atoms with E-state index in [1.165, 1.54) is 11.5 Å². The minimum atomic E-state index is 0.569. The van der Waals surface area contributed by atoms with Crippen LogP contribution in [0.15, 0.2) is 18.6 Å². The van der Waals surface area contributed by atoms with E-state index >= 15 is 0 Å². The zero-order valence-corrected chi connectivity index (χ0v) is 8.42. The number of hydrogen-bond donors (Lipinski definition) is 1. The van der Waals surface area contributed by atoms with Crippen molar-refractivity contribution in [2.45, 2.75) is 13.0 Å². The smallest absolute Gasteiger partial charge is 0.129 e. The number of aromatic nitrogens is 2. The lowest BCUT2D eigenvalue weighted by Crippen LogP contribution is -2.25. The van der Waals surface area contributed by atoms with Crippen LogP contribution in [0.5, 0.6) is 0 Å². The molecular formula is C9H13N3S. The Kier molecular flexibility index (Phi) is 2.68. The predicted octanol–water partition coefficient (Wildman–Crippen LogP) is 1.64. The normalized spacial score (nSPS) is 27.5. The maximum absolute atomic E-state index is 4.15. The van der Waals surface area contributed by atoms with Crippen LogP contribution >= 0.6 is 11.8 Å². The summed E-state index contributed by atoms with van der Waals surface area (Å²) in [6.45, 7) is 2.28. The summed E-state index contributed by atoms with van der Waals surface area (Å²) >= 11 is 2.00. The molecule has 1 saturated heterocycles. The lowest BCUT2D eigenvalue weighted by atomic mass is 10.1. The topological polar surface area (TPSA) is 37.8 Å². The Morgan fingerprint density at radius 3 is 3.08 bits per heavy atom. The number of thioether (sulfide) groups is 1. The molecule has 0 bridgehead atoms. The van der Waals surface area contributed by atoms with Gasteiger partial charge in [-0.15, -0.1) is 0 Å². The lowest BCUT2D eigenvalue weighted by Gasteiger charge is -2.16. The molecule has 2 heterocycles. The Morgan fingerprint density at radius 1 is 1.54 bits per heavy atom.